The minimum Gasteiger partial charge on any atom is -0.505 e. The van der Waals surface area contributed by atoms with Crippen LogP contribution in [0.5, 0.6) is 5.75 Å². The monoisotopic (exact) mass is 504 g/mol. The Labute approximate surface area is 213 Å². The van der Waals surface area contributed by atoms with Crippen LogP contribution in [-0.4, -0.2) is 35.2 Å². The Bertz CT molecular complexity index is 1500. The average molecular weight is 505 g/mol. The van der Waals surface area contributed by atoms with E-state index in [1.165, 1.54) is 46.4 Å². The predicted molar refractivity (Wildman–Crippen MR) is 136 cm³/mol. The van der Waals surface area contributed by atoms with Crippen LogP contribution in [0.2, 0.25) is 0 Å². The fourth-order valence-electron chi connectivity index (χ4n) is 4.19. The molecule has 1 amide bonds. The molecular formula is C26H29FN8O2. The molecule has 6 N–H and O–H groups in total. The van der Waals surface area contributed by atoms with Gasteiger partial charge in [0, 0.05) is 36.9 Å². The summed E-state index contributed by atoms with van der Waals surface area (Å²) in [5.41, 5.74) is 10.8. The lowest BCUT2D eigenvalue weighted by atomic mass is 10.1. The summed E-state index contributed by atoms with van der Waals surface area (Å²) in [6, 6.07) is 6.86. The fraction of sp³-hybridized carbons (Fsp3) is 0.269. The van der Waals surface area contributed by atoms with E-state index >= 15 is 0 Å². The van der Waals surface area contributed by atoms with Gasteiger partial charge in [0.2, 0.25) is 0 Å². The molecule has 10 nitrogen and oxygen atoms in total. The number of nitrogens with one attached hydrogen (secondary N) is 1. The second kappa shape index (κ2) is 9.58. The Balaban J connectivity index is 1.26. The number of hydrazine groups is 1. The van der Waals surface area contributed by atoms with Crippen molar-refractivity contribution in [3.63, 3.8) is 0 Å². The van der Waals surface area contributed by atoms with Gasteiger partial charge in [-0.1, -0.05) is 6.07 Å². The molecule has 1 saturated carbocycles. The van der Waals surface area contributed by atoms with Crippen molar-refractivity contribution in [1.82, 2.24) is 29.5 Å². The van der Waals surface area contributed by atoms with Crippen molar-refractivity contribution in [2.75, 3.05) is 0 Å². The van der Waals surface area contributed by atoms with Gasteiger partial charge in [-0.05, 0) is 61.9 Å². The molecule has 0 unspecified atom stereocenters. The number of phenols is 1. The minimum atomic E-state index is -0.844. The second-order valence-corrected chi connectivity index (χ2v) is 9.41. The summed E-state index contributed by atoms with van der Waals surface area (Å²) < 4.78 is 18.3. The first kappa shape index (κ1) is 24.3. The summed E-state index contributed by atoms with van der Waals surface area (Å²) in [6.45, 7) is 3.74. The quantitative estimate of drug-likeness (QED) is 0.164. The maximum atomic E-state index is 14.8. The van der Waals surface area contributed by atoms with Crippen LogP contribution in [0.15, 0.2) is 54.8 Å². The van der Waals surface area contributed by atoms with Crippen molar-refractivity contribution in [2.24, 2.45) is 11.6 Å². The third kappa shape index (κ3) is 5.12. The standard InChI is InChI=1S/C26H29FN8O2/c1-15-10-35(32-16(15)2)22-6-7-23(36)25(27)20(22)9-30-26(37)21(28)14-34(29)13-19-12-33-11-18(17-3-4-17)5-8-24(33)31-19/h5-8,10-12,14,17,36H,3-4,9,13,28-29H2,1-2H3,(H,30,37)/b21-14-. The number of nitrogens with two attached hydrogens (primary N) is 2. The first-order valence-electron chi connectivity index (χ1n) is 12.0. The summed E-state index contributed by atoms with van der Waals surface area (Å²) >= 11 is 0. The Kier molecular flexibility index (Phi) is 6.30. The highest BCUT2D eigenvalue weighted by Crippen LogP contribution is 2.39. The van der Waals surface area contributed by atoms with E-state index in [-0.39, 0.29) is 24.4 Å². The number of halogens is 1. The Morgan fingerprint density at radius 1 is 1.24 bits per heavy atom. The van der Waals surface area contributed by atoms with Crippen molar-refractivity contribution < 1.29 is 14.3 Å². The van der Waals surface area contributed by atoms with E-state index in [2.05, 4.69) is 27.7 Å². The number of fused-ring (bicyclic) bond motifs is 1. The van der Waals surface area contributed by atoms with Gasteiger partial charge in [-0.25, -0.2) is 19.9 Å². The normalized spacial score (nSPS) is 13.8. The number of imidazole rings is 1. The maximum Gasteiger partial charge on any atom is 0.268 e. The number of aromatic nitrogens is 4. The Morgan fingerprint density at radius 3 is 2.73 bits per heavy atom. The zero-order valence-electron chi connectivity index (χ0n) is 20.6. The molecule has 1 aliphatic carbocycles. The van der Waals surface area contributed by atoms with Gasteiger partial charge in [-0.15, -0.1) is 0 Å². The van der Waals surface area contributed by atoms with Crippen molar-refractivity contribution in [2.45, 2.75) is 45.7 Å². The van der Waals surface area contributed by atoms with Gasteiger partial charge in [0.15, 0.2) is 11.6 Å². The van der Waals surface area contributed by atoms with Crippen LogP contribution in [0, 0.1) is 19.7 Å². The minimum absolute atomic E-state index is 0.0727. The molecule has 0 radical (unpaired) electrons. The lowest BCUT2D eigenvalue weighted by Crippen LogP contribution is -2.33. The molecule has 5 rings (SSSR count). The molecule has 3 aromatic heterocycles. The highest BCUT2D eigenvalue weighted by atomic mass is 19.1. The van der Waals surface area contributed by atoms with Gasteiger partial charge < -0.3 is 25.6 Å². The van der Waals surface area contributed by atoms with Crippen LogP contribution in [0.1, 0.15) is 46.8 Å². The van der Waals surface area contributed by atoms with Crippen LogP contribution >= 0.6 is 0 Å². The van der Waals surface area contributed by atoms with Crippen LogP contribution in [0.3, 0.4) is 0 Å². The van der Waals surface area contributed by atoms with Gasteiger partial charge in [-0.3, -0.25) is 4.79 Å². The van der Waals surface area contributed by atoms with Gasteiger partial charge in [0.1, 0.15) is 11.3 Å². The molecule has 192 valence electrons. The van der Waals surface area contributed by atoms with E-state index in [0.29, 0.717) is 11.6 Å². The smallest absolute Gasteiger partial charge is 0.268 e. The first-order chi connectivity index (χ1) is 17.7. The fourth-order valence-corrected chi connectivity index (χ4v) is 4.19. The van der Waals surface area contributed by atoms with Crippen LogP contribution < -0.4 is 16.9 Å². The molecule has 1 aromatic carbocycles. The SMILES string of the molecule is Cc1cn(-c2ccc(O)c(F)c2CNC(=O)/C(N)=C/N(N)Cc2cn3cc(C4CC4)ccc3n2)nc1C. The predicted octanol–water partition coefficient (Wildman–Crippen LogP) is 2.65. The molecule has 0 spiro atoms. The summed E-state index contributed by atoms with van der Waals surface area (Å²) in [5, 5.41) is 18.1. The first-order valence-corrected chi connectivity index (χ1v) is 12.0. The second-order valence-electron chi connectivity index (χ2n) is 9.41. The van der Waals surface area contributed by atoms with E-state index in [1.54, 1.807) is 6.20 Å². The van der Waals surface area contributed by atoms with Crippen molar-refractivity contribution >= 4 is 11.6 Å². The van der Waals surface area contributed by atoms with E-state index in [1.807, 2.05) is 30.5 Å². The maximum absolute atomic E-state index is 14.8. The largest absolute Gasteiger partial charge is 0.505 e. The Hall–Kier alpha value is -4.38. The van der Waals surface area contributed by atoms with Gasteiger partial charge in [0.05, 0.1) is 23.6 Å². The summed E-state index contributed by atoms with van der Waals surface area (Å²) in [6.07, 6.45) is 9.47. The number of amides is 1. The molecule has 1 aliphatic rings. The van der Waals surface area contributed by atoms with Crippen molar-refractivity contribution in [3.05, 3.63) is 88.6 Å². The lowest BCUT2D eigenvalue weighted by Gasteiger charge is -2.15. The van der Waals surface area contributed by atoms with E-state index in [9.17, 15) is 14.3 Å². The van der Waals surface area contributed by atoms with E-state index in [4.69, 9.17) is 11.6 Å². The summed E-state index contributed by atoms with van der Waals surface area (Å²) in [5.74, 6) is 4.70. The van der Waals surface area contributed by atoms with Crippen molar-refractivity contribution in [3.8, 4) is 11.4 Å². The van der Waals surface area contributed by atoms with Gasteiger partial charge in [0.25, 0.3) is 5.91 Å². The van der Waals surface area contributed by atoms with Crippen LogP contribution in [0.25, 0.3) is 11.3 Å². The number of benzene rings is 1. The van der Waals surface area contributed by atoms with Gasteiger partial charge in [-0.2, -0.15) is 5.10 Å². The highest BCUT2D eigenvalue weighted by Gasteiger charge is 2.24. The molecule has 1 fully saturated rings. The lowest BCUT2D eigenvalue weighted by molar-refractivity contribution is -0.117. The molecule has 0 aliphatic heterocycles. The molecule has 11 heteroatoms. The van der Waals surface area contributed by atoms with Crippen LogP contribution in [-0.2, 0) is 17.9 Å². The third-order valence-corrected chi connectivity index (χ3v) is 6.50. The topological polar surface area (TPSA) is 140 Å². The highest BCUT2D eigenvalue weighted by molar-refractivity contribution is 5.92. The third-order valence-electron chi connectivity index (χ3n) is 6.50. The number of carbonyl (C=O) groups is 1. The number of nitrogens with zero attached hydrogens (tertiary/aromatic N) is 5. The molecule has 37 heavy (non-hydrogen) atoms. The van der Waals surface area contributed by atoms with Crippen molar-refractivity contribution in [1.29, 1.82) is 0 Å². The zero-order chi connectivity index (χ0) is 26.3. The van der Waals surface area contributed by atoms with E-state index in [0.717, 1.165) is 22.6 Å². The molecule has 0 atom stereocenters. The number of hydrogen-bond acceptors (Lipinski definition) is 7. The molecular weight excluding hydrogens is 475 g/mol. The molecule has 0 bridgehead atoms. The number of rotatable bonds is 8. The number of aromatic hydroxyl groups is 1. The number of hydrogen-bond donors (Lipinski definition) is 4. The number of pyridine rings is 1. The molecule has 3 heterocycles. The number of phenolic OH excluding ortho intramolecular Hbond substituents is 1. The Morgan fingerprint density at radius 2 is 2.03 bits per heavy atom. The average Bonchev–Trinajstić information content (AvgIpc) is 3.55. The number of aryl methyl sites for hydroxylation is 2. The molecule has 0 saturated heterocycles. The van der Waals surface area contributed by atoms with Crippen LogP contribution in [0.4, 0.5) is 4.39 Å². The summed E-state index contributed by atoms with van der Waals surface area (Å²) in [7, 11) is 0. The summed E-state index contributed by atoms with van der Waals surface area (Å²) in [4.78, 5) is 17.2. The molecule has 4 aromatic rings. The van der Waals surface area contributed by atoms with E-state index < -0.39 is 17.5 Å². The number of carbonyl (C=O) groups excluding carboxylic acids is 1. The zero-order valence-corrected chi connectivity index (χ0v) is 20.6. The van der Waals surface area contributed by atoms with Gasteiger partial charge >= 0.3 is 0 Å².